The minimum absolute atomic E-state index is 0.0310. The number of nitrogens with two attached hydrogens (primary N) is 2. The number of hydrogen-bond acceptors (Lipinski definition) is 9. The normalized spacial score (nSPS) is 28.2. The van der Waals surface area contributed by atoms with Gasteiger partial charge in [-0.05, 0) is 83.7 Å². The first kappa shape index (κ1) is 42.2. The van der Waals surface area contributed by atoms with Crippen LogP contribution in [0.2, 0.25) is 0 Å². The van der Waals surface area contributed by atoms with Gasteiger partial charge in [0.15, 0.2) is 11.4 Å². The Hall–Kier alpha value is -1.95. The lowest BCUT2D eigenvalue weighted by Gasteiger charge is -2.52. The number of hydrogen-bond donors (Lipinski definition) is 4. The van der Waals surface area contributed by atoms with Crippen molar-refractivity contribution in [2.45, 2.75) is 209 Å². The highest BCUT2D eigenvalue weighted by Crippen LogP contribution is 2.41. The highest BCUT2D eigenvalue weighted by Gasteiger charge is 2.58. The van der Waals surface area contributed by atoms with Crippen LogP contribution in [0.25, 0.3) is 0 Å². The Morgan fingerprint density at radius 1 is 0.679 bits per heavy atom. The van der Waals surface area contributed by atoms with E-state index in [2.05, 4.69) is 15.2 Å². The lowest BCUT2D eigenvalue weighted by Crippen LogP contribution is -2.75. The predicted molar refractivity (Wildman–Crippen MR) is 210 cm³/mol. The van der Waals surface area contributed by atoms with Crippen molar-refractivity contribution in [3.8, 4) is 0 Å². The summed E-state index contributed by atoms with van der Waals surface area (Å²) in [6.07, 6.45) is 29.7. The molecular formula is C42H77N6O5+. The predicted octanol–water partition coefficient (Wildman–Crippen LogP) is 6.35. The number of rotatable bonds is 23. The third kappa shape index (κ3) is 13.1. The topological polar surface area (TPSA) is 144 Å². The molecule has 0 aromatic heterocycles. The van der Waals surface area contributed by atoms with Crippen molar-refractivity contribution in [3.63, 3.8) is 0 Å². The summed E-state index contributed by atoms with van der Waals surface area (Å²) < 4.78 is 21.9. The lowest BCUT2D eigenvalue weighted by atomic mass is 9.81. The van der Waals surface area contributed by atoms with Gasteiger partial charge in [-0.1, -0.05) is 70.6 Å². The van der Waals surface area contributed by atoms with Crippen LogP contribution >= 0.6 is 0 Å². The molecule has 5 aliphatic rings. The van der Waals surface area contributed by atoms with Crippen LogP contribution in [0.3, 0.4) is 0 Å². The summed E-state index contributed by atoms with van der Waals surface area (Å²) in [7, 11) is 0. The fourth-order valence-electron chi connectivity index (χ4n) is 9.66. The van der Waals surface area contributed by atoms with Gasteiger partial charge in [0.1, 0.15) is 12.1 Å². The van der Waals surface area contributed by atoms with E-state index in [9.17, 15) is 9.59 Å². The molecule has 3 saturated heterocycles. The first-order chi connectivity index (χ1) is 26.0. The average molecular weight is 746 g/mol. The number of nitrogens with zero attached hydrogens (tertiary/aromatic N) is 2. The van der Waals surface area contributed by atoms with Crippen molar-refractivity contribution < 1.29 is 28.4 Å². The van der Waals surface area contributed by atoms with Crippen LogP contribution in [0.5, 0.6) is 0 Å². The Labute approximate surface area is 321 Å². The highest BCUT2D eigenvalue weighted by atomic mass is 16.5. The summed E-state index contributed by atoms with van der Waals surface area (Å²) >= 11 is 0. The molecule has 2 spiro atoms. The Bertz CT molecular complexity index is 1120. The largest absolute Gasteiger partial charge is 0.459 e. The SMILES string of the molecule is NCCCCN(CCCN)C(=O)CCCCCCCCCCCCCCC(=O)O[C@H]1CC[C@H]2C[C@@]3(CCCCCO3)NC3=[N+]2[C@H]1C[C@]1(CCCCO1)N3. The number of amides is 1. The molecule has 0 aromatic rings. The van der Waals surface area contributed by atoms with E-state index >= 15 is 0 Å². The van der Waals surface area contributed by atoms with Gasteiger partial charge < -0.3 is 30.6 Å². The zero-order chi connectivity index (χ0) is 37.2. The van der Waals surface area contributed by atoms with Crippen molar-refractivity contribution in [1.82, 2.24) is 15.5 Å². The number of unbranched alkanes of at least 4 members (excludes halogenated alkanes) is 12. The number of nitrogens with one attached hydrogen (secondary N) is 2. The molecule has 5 rings (SSSR count). The van der Waals surface area contributed by atoms with Crippen LogP contribution in [0.1, 0.15) is 180 Å². The molecule has 3 fully saturated rings. The fraction of sp³-hybridized carbons (Fsp3) is 0.929. The third-order valence-electron chi connectivity index (χ3n) is 12.6. The molecule has 6 N–H and O–H groups in total. The number of carbonyl (C=O) groups is 2. The van der Waals surface area contributed by atoms with Crippen LogP contribution < -0.4 is 22.1 Å². The van der Waals surface area contributed by atoms with Crippen LogP contribution in [0.15, 0.2) is 0 Å². The smallest absolute Gasteiger partial charge is 0.351 e. The van der Waals surface area contributed by atoms with E-state index in [0.717, 1.165) is 135 Å². The van der Waals surface area contributed by atoms with Gasteiger partial charge in [0, 0.05) is 51.6 Å². The summed E-state index contributed by atoms with van der Waals surface area (Å²) in [5.74, 6) is 1.29. The second-order valence-corrected chi connectivity index (χ2v) is 17.0. The molecule has 304 valence electrons. The number of ether oxygens (including phenoxy) is 3. The van der Waals surface area contributed by atoms with Crippen molar-refractivity contribution in [2.24, 2.45) is 11.5 Å². The first-order valence-corrected chi connectivity index (χ1v) is 22.3. The number of piperidine rings is 1. The molecule has 0 bridgehead atoms. The molecule has 11 heteroatoms. The van der Waals surface area contributed by atoms with Crippen LogP contribution in [0.4, 0.5) is 0 Å². The van der Waals surface area contributed by atoms with Crippen molar-refractivity contribution >= 4 is 17.8 Å². The maximum atomic E-state index is 13.2. The minimum Gasteiger partial charge on any atom is -0.459 e. The van der Waals surface area contributed by atoms with Crippen molar-refractivity contribution in [2.75, 3.05) is 39.4 Å². The highest BCUT2D eigenvalue weighted by molar-refractivity contribution is 5.78. The maximum absolute atomic E-state index is 13.2. The molecule has 1 amide bonds. The summed E-state index contributed by atoms with van der Waals surface area (Å²) in [6.45, 7) is 4.49. The van der Waals surface area contributed by atoms with Crippen molar-refractivity contribution in [3.05, 3.63) is 0 Å². The molecule has 0 saturated carbocycles. The second kappa shape index (κ2) is 22.6. The quantitative estimate of drug-likeness (QED) is 0.0535. The Morgan fingerprint density at radius 3 is 1.91 bits per heavy atom. The monoisotopic (exact) mass is 746 g/mol. The molecule has 11 nitrogen and oxygen atoms in total. The van der Waals surface area contributed by atoms with Gasteiger partial charge in [-0.2, -0.15) is 0 Å². The Morgan fingerprint density at radius 2 is 1.25 bits per heavy atom. The number of carbonyl (C=O) groups excluding carboxylic acids is 2. The fourth-order valence-corrected chi connectivity index (χ4v) is 9.66. The van der Waals surface area contributed by atoms with Crippen molar-refractivity contribution in [1.29, 1.82) is 0 Å². The van der Waals surface area contributed by atoms with Crippen LogP contribution in [0, 0.1) is 0 Å². The van der Waals surface area contributed by atoms with E-state index in [-0.39, 0.29) is 29.7 Å². The van der Waals surface area contributed by atoms with Crippen LogP contribution in [-0.4, -0.2) is 96.3 Å². The van der Waals surface area contributed by atoms with Gasteiger partial charge in [-0.25, -0.2) is 10.6 Å². The Balaban J connectivity index is 0.924. The van der Waals surface area contributed by atoms with E-state index in [1.165, 1.54) is 64.2 Å². The summed E-state index contributed by atoms with van der Waals surface area (Å²) in [5, 5.41) is 7.69. The summed E-state index contributed by atoms with van der Waals surface area (Å²) in [6, 6.07) is 0.520. The van der Waals surface area contributed by atoms with Gasteiger partial charge >= 0.3 is 11.9 Å². The van der Waals surface area contributed by atoms with Gasteiger partial charge in [-0.15, -0.1) is 0 Å². The molecule has 0 aliphatic carbocycles. The number of guanidine groups is 1. The molecule has 0 aromatic carbocycles. The lowest BCUT2D eigenvalue weighted by molar-refractivity contribution is -0.643. The van der Waals surface area contributed by atoms with E-state index in [4.69, 9.17) is 25.7 Å². The molecular weight excluding hydrogens is 668 g/mol. The van der Waals surface area contributed by atoms with E-state index < -0.39 is 5.72 Å². The van der Waals surface area contributed by atoms with Gasteiger partial charge in [0.25, 0.3) is 0 Å². The standard InChI is InChI=1S/C42H76N6O5/c43-27-16-17-29-47(30-20-28-44)38(49)21-12-9-7-5-3-1-2-4-6-8-10-13-22-39(50)53-37-24-23-35-33-41(25-14-11-18-31-51-41)45-40-46-42(26-15-19-32-52-42)34-36(37)48(35)40/h35-37H,1-34,43-44H2,(H,45,46)/p+1/t35-,36-,37-,41-,42+/m0/s1. The van der Waals surface area contributed by atoms with Gasteiger partial charge in [0.2, 0.25) is 5.91 Å². The molecule has 5 aliphatic heterocycles. The zero-order valence-electron chi connectivity index (χ0n) is 33.4. The van der Waals surface area contributed by atoms with Gasteiger partial charge in [-0.3, -0.25) is 14.2 Å². The minimum atomic E-state index is -0.392. The zero-order valence-corrected chi connectivity index (χ0v) is 33.4. The maximum Gasteiger partial charge on any atom is 0.351 e. The summed E-state index contributed by atoms with van der Waals surface area (Å²) in [5.41, 5.74) is 10.6. The van der Waals surface area contributed by atoms with Gasteiger partial charge in [0.05, 0.1) is 19.3 Å². The van der Waals surface area contributed by atoms with Crippen LogP contribution in [-0.2, 0) is 23.8 Å². The molecule has 5 heterocycles. The first-order valence-electron chi connectivity index (χ1n) is 22.3. The third-order valence-corrected chi connectivity index (χ3v) is 12.6. The van der Waals surface area contributed by atoms with E-state index in [1.807, 2.05) is 4.90 Å². The average Bonchev–Trinajstić information content (AvgIpc) is 3.38. The molecule has 53 heavy (non-hydrogen) atoms. The molecule has 5 atom stereocenters. The molecule has 0 unspecified atom stereocenters. The van der Waals surface area contributed by atoms with E-state index in [1.54, 1.807) is 0 Å². The molecule has 0 radical (unpaired) electrons. The summed E-state index contributed by atoms with van der Waals surface area (Å²) in [4.78, 5) is 27.8. The second-order valence-electron chi connectivity index (χ2n) is 17.0. The Kier molecular flexibility index (Phi) is 18.0. The number of esters is 1. The van der Waals surface area contributed by atoms with E-state index in [0.29, 0.717) is 32.0 Å².